The third-order valence-corrected chi connectivity index (χ3v) is 5.44. The minimum Gasteiger partial charge on any atom is -0.237 e. The lowest BCUT2D eigenvalue weighted by atomic mass is 9.97. The second-order valence-corrected chi connectivity index (χ2v) is 7.93. The van der Waals surface area contributed by atoms with E-state index in [0.29, 0.717) is 6.61 Å². The first kappa shape index (κ1) is 22.6. The Balaban J connectivity index is 2.37. The lowest BCUT2D eigenvalue weighted by Gasteiger charge is -2.30. The monoisotopic (exact) mass is 456 g/mol. The van der Waals surface area contributed by atoms with Gasteiger partial charge in [0.1, 0.15) is 0 Å². The molecule has 1 fully saturated rings. The Bertz CT molecular complexity index is 264. The van der Waals surface area contributed by atoms with E-state index < -0.39 is 5.79 Å². The average molecular weight is 456 g/mol. The van der Waals surface area contributed by atoms with Gasteiger partial charge >= 0.3 is 0 Å². The summed E-state index contributed by atoms with van der Waals surface area (Å²) in [5.74, 6) is -0.726. The van der Waals surface area contributed by atoms with Crippen LogP contribution >= 0.6 is 22.6 Å². The van der Waals surface area contributed by atoms with Crippen molar-refractivity contribution in [1.82, 2.24) is 0 Å². The maximum absolute atomic E-state index is 5.77. The molecule has 24 heavy (non-hydrogen) atoms. The minimum atomic E-state index is -0.726. The second-order valence-electron chi connectivity index (χ2n) is 6.85. The van der Waals surface area contributed by atoms with Crippen LogP contribution in [0.5, 0.6) is 0 Å². The number of rotatable bonds is 10. The molecule has 144 valence electrons. The average Bonchev–Trinajstić information content (AvgIpc) is 2.57. The zero-order chi connectivity index (χ0) is 17.3. The Morgan fingerprint density at radius 2 is 1.25 bits per heavy atom. The van der Waals surface area contributed by atoms with Crippen molar-refractivity contribution in [1.29, 1.82) is 0 Å². The molecule has 5 heteroatoms. The SMILES string of the molecule is COOC1(OOCCCCCCI)CCCCCCCCCCC1. The first-order valence-corrected chi connectivity index (χ1v) is 11.4. The minimum absolute atomic E-state index is 0.635. The summed E-state index contributed by atoms with van der Waals surface area (Å²) in [6.45, 7) is 0.635. The first-order valence-electron chi connectivity index (χ1n) is 9.91. The highest BCUT2D eigenvalue weighted by molar-refractivity contribution is 14.1. The predicted octanol–water partition coefficient (Wildman–Crippen LogP) is 6.51. The van der Waals surface area contributed by atoms with Gasteiger partial charge in [0.25, 0.3) is 0 Å². The molecule has 0 amide bonds. The molecule has 0 heterocycles. The maximum Gasteiger partial charge on any atom is 0.233 e. The van der Waals surface area contributed by atoms with E-state index in [1.165, 1.54) is 68.6 Å². The van der Waals surface area contributed by atoms with E-state index >= 15 is 0 Å². The Labute approximate surface area is 162 Å². The van der Waals surface area contributed by atoms with Crippen molar-refractivity contribution in [2.24, 2.45) is 0 Å². The van der Waals surface area contributed by atoms with Gasteiger partial charge in [0.05, 0.1) is 13.7 Å². The molecule has 0 unspecified atom stereocenters. The van der Waals surface area contributed by atoms with Crippen LogP contribution in [0.25, 0.3) is 0 Å². The Morgan fingerprint density at radius 1 is 0.708 bits per heavy atom. The van der Waals surface area contributed by atoms with Gasteiger partial charge in [0, 0.05) is 12.8 Å². The molecular weight excluding hydrogens is 419 g/mol. The van der Waals surface area contributed by atoms with Gasteiger partial charge in [-0.1, -0.05) is 80.4 Å². The van der Waals surface area contributed by atoms with Crippen LogP contribution in [0, 0.1) is 0 Å². The Morgan fingerprint density at radius 3 is 1.79 bits per heavy atom. The van der Waals surface area contributed by atoms with Gasteiger partial charge in [-0.15, -0.1) is 0 Å². The van der Waals surface area contributed by atoms with Crippen LogP contribution in [0.4, 0.5) is 0 Å². The zero-order valence-corrected chi connectivity index (χ0v) is 17.7. The molecule has 0 N–H and O–H groups in total. The molecule has 0 radical (unpaired) electrons. The number of alkyl halides is 1. The quantitative estimate of drug-likeness (QED) is 0.0938. The molecule has 0 bridgehead atoms. The van der Waals surface area contributed by atoms with Gasteiger partial charge < -0.3 is 0 Å². The molecule has 0 spiro atoms. The molecule has 4 nitrogen and oxygen atoms in total. The largest absolute Gasteiger partial charge is 0.237 e. The molecule has 0 atom stereocenters. The fraction of sp³-hybridized carbons (Fsp3) is 1.00. The highest BCUT2D eigenvalue weighted by Gasteiger charge is 2.34. The van der Waals surface area contributed by atoms with E-state index in [-0.39, 0.29) is 0 Å². The van der Waals surface area contributed by atoms with Gasteiger partial charge in [-0.25, -0.2) is 9.78 Å². The number of halogens is 1. The molecule has 0 saturated heterocycles. The van der Waals surface area contributed by atoms with Gasteiger partial charge in [-0.2, -0.15) is 9.78 Å². The van der Waals surface area contributed by atoms with Crippen molar-refractivity contribution in [2.45, 2.75) is 102 Å². The van der Waals surface area contributed by atoms with Crippen molar-refractivity contribution in [3.8, 4) is 0 Å². The Hall–Kier alpha value is 0.570. The van der Waals surface area contributed by atoms with Crippen LogP contribution in [-0.4, -0.2) is 23.9 Å². The molecule has 1 rings (SSSR count). The van der Waals surface area contributed by atoms with Crippen LogP contribution in [-0.2, 0) is 19.6 Å². The molecule has 0 aromatic heterocycles. The third-order valence-electron chi connectivity index (χ3n) is 4.67. The number of hydrogen-bond donors (Lipinski definition) is 0. The van der Waals surface area contributed by atoms with Crippen LogP contribution in [0.15, 0.2) is 0 Å². The molecule has 0 aromatic rings. The summed E-state index contributed by atoms with van der Waals surface area (Å²) < 4.78 is 1.24. The molecule has 0 aromatic carbocycles. The van der Waals surface area contributed by atoms with Crippen LogP contribution in [0.1, 0.15) is 96.3 Å². The normalized spacial score (nSPS) is 20.2. The van der Waals surface area contributed by atoms with Crippen LogP contribution in [0.2, 0.25) is 0 Å². The van der Waals surface area contributed by atoms with Crippen molar-refractivity contribution in [3.05, 3.63) is 0 Å². The summed E-state index contributed by atoms with van der Waals surface area (Å²) in [6.07, 6.45) is 17.9. The molecule has 1 saturated carbocycles. The van der Waals surface area contributed by atoms with Gasteiger partial charge in [-0.3, -0.25) is 0 Å². The summed E-state index contributed by atoms with van der Waals surface area (Å²) in [6, 6.07) is 0. The lowest BCUT2D eigenvalue weighted by molar-refractivity contribution is -0.509. The highest BCUT2D eigenvalue weighted by Crippen LogP contribution is 2.30. The van der Waals surface area contributed by atoms with E-state index in [4.69, 9.17) is 19.6 Å². The third kappa shape index (κ3) is 11.2. The molecule has 1 aliphatic rings. The van der Waals surface area contributed by atoms with Crippen LogP contribution < -0.4 is 0 Å². The number of hydrogen-bond acceptors (Lipinski definition) is 4. The zero-order valence-electron chi connectivity index (χ0n) is 15.5. The second kappa shape index (κ2) is 15.8. The van der Waals surface area contributed by atoms with Gasteiger partial charge in [0.15, 0.2) is 0 Å². The van der Waals surface area contributed by atoms with Gasteiger partial charge in [0.2, 0.25) is 5.79 Å². The lowest BCUT2D eigenvalue weighted by Crippen LogP contribution is -2.36. The van der Waals surface area contributed by atoms with Crippen molar-refractivity contribution < 1.29 is 19.6 Å². The van der Waals surface area contributed by atoms with E-state index in [1.54, 1.807) is 7.11 Å². The summed E-state index contributed by atoms with van der Waals surface area (Å²) in [7, 11) is 1.56. The Kier molecular flexibility index (Phi) is 14.9. The van der Waals surface area contributed by atoms with E-state index in [9.17, 15) is 0 Å². The standard InChI is InChI=1S/C19H37IO4/c1-21-23-19(24-22-18-14-10-9-13-17-20)15-11-7-5-3-2-4-6-8-12-16-19/h2-18H2,1H3. The van der Waals surface area contributed by atoms with E-state index in [1.807, 2.05) is 0 Å². The van der Waals surface area contributed by atoms with E-state index in [2.05, 4.69) is 22.6 Å². The van der Waals surface area contributed by atoms with Crippen molar-refractivity contribution in [3.63, 3.8) is 0 Å². The fourth-order valence-electron chi connectivity index (χ4n) is 3.24. The fourth-order valence-corrected chi connectivity index (χ4v) is 3.78. The maximum atomic E-state index is 5.77. The smallest absolute Gasteiger partial charge is 0.233 e. The summed E-state index contributed by atoms with van der Waals surface area (Å²) in [4.78, 5) is 21.9. The summed E-state index contributed by atoms with van der Waals surface area (Å²) in [5.41, 5.74) is 0. The highest BCUT2D eigenvalue weighted by atomic mass is 127. The van der Waals surface area contributed by atoms with Crippen molar-refractivity contribution in [2.75, 3.05) is 18.1 Å². The molecule has 0 aliphatic heterocycles. The first-order chi connectivity index (χ1) is 11.8. The number of unbranched alkanes of at least 4 members (excludes halogenated alkanes) is 3. The molecular formula is C19H37IO4. The summed E-state index contributed by atoms with van der Waals surface area (Å²) in [5, 5.41) is 0. The van der Waals surface area contributed by atoms with Gasteiger partial charge in [-0.05, 0) is 30.1 Å². The summed E-state index contributed by atoms with van der Waals surface area (Å²) >= 11 is 2.43. The predicted molar refractivity (Wildman–Crippen MR) is 106 cm³/mol. The van der Waals surface area contributed by atoms with Crippen LogP contribution in [0.3, 0.4) is 0 Å². The van der Waals surface area contributed by atoms with Crippen molar-refractivity contribution >= 4 is 22.6 Å². The topological polar surface area (TPSA) is 36.9 Å². The molecule has 1 aliphatic carbocycles. The van der Waals surface area contributed by atoms with E-state index in [0.717, 1.165) is 32.1 Å².